The van der Waals surface area contributed by atoms with Gasteiger partial charge in [-0.2, -0.15) is 8.78 Å². The Morgan fingerprint density at radius 3 is 2.59 bits per heavy atom. The van der Waals surface area contributed by atoms with Crippen LogP contribution in [0.25, 0.3) is 6.08 Å². The predicted molar refractivity (Wildman–Crippen MR) is 151 cm³/mol. The second-order valence-electron chi connectivity index (χ2n) is 9.31. The molecule has 3 aromatic rings. The summed E-state index contributed by atoms with van der Waals surface area (Å²) in [5.74, 6) is -5.13. The highest BCUT2D eigenvalue weighted by Crippen LogP contribution is 2.32. The van der Waals surface area contributed by atoms with E-state index >= 15 is 0 Å². The molecule has 218 valence electrons. The number of carbonyl (C=O) groups is 2. The monoisotopic (exact) mass is 657 g/mol. The third kappa shape index (κ3) is 7.66. The fourth-order valence-electron chi connectivity index (χ4n) is 4.07. The van der Waals surface area contributed by atoms with Gasteiger partial charge in [-0.1, -0.05) is 33.6 Å². The first kappa shape index (κ1) is 30.5. The average Bonchev–Trinajstić information content (AvgIpc) is 3.21. The van der Waals surface area contributed by atoms with E-state index in [2.05, 4.69) is 36.9 Å². The lowest BCUT2D eigenvalue weighted by atomic mass is 9.95. The summed E-state index contributed by atoms with van der Waals surface area (Å²) in [6.07, 6.45) is -2.09. The lowest BCUT2D eigenvalue weighted by Crippen LogP contribution is -2.37. The van der Waals surface area contributed by atoms with Crippen molar-refractivity contribution in [2.75, 3.05) is 17.2 Å². The minimum atomic E-state index is -3.52. The van der Waals surface area contributed by atoms with Gasteiger partial charge < -0.3 is 25.3 Å². The number of fused-ring (bicyclic) bond motifs is 1. The molecule has 1 atom stereocenters. The van der Waals surface area contributed by atoms with Crippen molar-refractivity contribution in [3.8, 4) is 0 Å². The second kappa shape index (κ2) is 12.6. The van der Waals surface area contributed by atoms with E-state index in [0.29, 0.717) is 46.2 Å². The zero-order valence-electron chi connectivity index (χ0n) is 21.8. The smallest absolute Gasteiger partial charge is 0.321 e. The van der Waals surface area contributed by atoms with E-state index in [-0.39, 0.29) is 18.5 Å². The van der Waals surface area contributed by atoms with Crippen LogP contribution in [0, 0.1) is 0 Å². The van der Waals surface area contributed by atoms with Crippen molar-refractivity contribution in [2.45, 2.75) is 38.3 Å². The summed E-state index contributed by atoms with van der Waals surface area (Å²) in [6, 6.07) is 11.6. The molecule has 1 aromatic heterocycles. The van der Waals surface area contributed by atoms with Crippen LogP contribution in [-0.2, 0) is 34.3 Å². The van der Waals surface area contributed by atoms with Crippen LogP contribution < -0.4 is 16.0 Å². The molecular formula is C27H25BrClF4N5O3. The molecule has 0 spiro atoms. The first-order valence-corrected chi connectivity index (χ1v) is 13.4. The Morgan fingerprint density at radius 2 is 1.93 bits per heavy atom. The van der Waals surface area contributed by atoms with Crippen LogP contribution in [0.3, 0.4) is 0 Å². The van der Waals surface area contributed by atoms with Crippen LogP contribution in [0.1, 0.15) is 23.9 Å². The van der Waals surface area contributed by atoms with E-state index in [1.165, 1.54) is 12.1 Å². The number of nitrogens with zero attached hydrogens (tertiary/aromatic N) is 2. The third-order valence-electron chi connectivity index (χ3n) is 6.18. The molecule has 0 bridgehead atoms. The normalized spacial score (nSPS) is 14.9. The molecule has 4 rings (SSSR count). The Balaban J connectivity index is 1.58. The maximum Gasteiger partial charge on any atom is 0.321 e. The van der Waals surface area contributed by atoms with Crippen LogP contribution in [0.2, 0.25) is 5.02 Å². The molecule has 1 aliphatic carbocycles. The van der Waals surface area contributed by atoms with Crippen molar-refractivity contribution in [1.82, 2.24) is 14.9 Å². The van der Waals surface area contributed by atoms with Crippen molar-refractivity contribution in [2.24, 2.45) is 7.05 Å². The molecule has 0 aliphatic heterocycles. The lowest BCUT2D eigenvalue weighted by molar-refractivity contribution is -0.143. The fourth-order valence-corrected chi connectivity index (χ4v) is 4.50. The van der Waals surface area contributed by atoms with Gasteiger partial charge in [-0.25, -0.2) is 13.8 Å². The largest absolute Gasteiger partial charge is 0.367 e. The predicted octanol–water partition coefficient (Wildman–Crippen LogP) is 6.08. The summed E-state index contributed by atoms with van der Waals surface area (Å²) >= 11 is 9.67. The molecular weight excluding hydrogens is 634 g/mol. The van der Waals surface area contributed by atoms with Gasteiger partial charge in [-0.3, -0.25) is 9.59 Å². The molecule has 2 aromatic carbocycles. The molecule has 3 N–H and O–H groups in total. The Hall–Kier alpha value is -3.42. The molecule has 1 aliphatic rings. The molecule has 14 heteroatoms. The number of nitrogens with one attached hydrogen (secondary N) is 3. The second-order valence-corrected chi connectivity index (χ2v) is 10.6. The molecule has 0 saturated heterocycles. The number of carbonyl (C=O) groups excluding carboxylic acids is 2. The Labute approximate surface area is 246 Å². The summed E-state index contributed by atoms with van der Waals surface area (Å²) in [6.45, 7) is -0.504. The van der Waals surface area contributed by atoms with Crippen LogP contribution in [0.5, 0.6) is 0 Å². The SMILES string of the molecule is Cn1c(Nc2cc(CNC(=O)C(C)(F)F)ccc2Cl)nc2c1CC(OCC(F)F)C(C(=O)Nc1ccc(Br)cc1)=C2. The van der Waals surface area contributed by atoms with E-state index in [9.17, 15) is 27.2 Å². The maximum absolute atomic E-state index is 13.2. The van der Waals surface area contributed by atoms with E-state index in [1.54, 1.807) is 48.0 Å². The number of anilines is 3. The first-order chi connectivity index (χ1) is 19.3. The van der Waals surface area contributed by atoms with Crippen LogP contribution in [0.4, 0.5) is 34.9 Å². The number of imidazole rings is 1. The Bertz CT molecular complexity index is 1470. The summed E-state index contributed by atoms with van der Waals surface area (Å²) in [4.78, 5) is 29.2. The number of aromatic nitrogens is 2. The highest BCUT2D eigenvalue weighted by Gasteiger charge is 2.32. The molecule has 0 fully saturated rings. The fraction of sp³-hybridized carbons (Fsp3) is 0.296. The highest BCUT2D eigenvalue weighted by molar-refractivity contribution is 9.10. The molecule has 2 amide bonds. The number of halogens is 6. The van der Waals surface area contributed by atoms with Gasteiger partial charge in [0.1, 0.15) is 6.61 Å². The zero-order valence-corrected chi connectivity index (χ0v) is 24.1. The minimum absolute atomic E-state index is 0.0951. The summed E-state index contributed by atoms with van der Waals surface area (Å²) in [5, 5.41) is 8.29. The van der Waals surface area contributed by atoms with Gasteiger partial charge in [-0.05, 0) is 48.0 Å². The molecule has 1 heterocycles. The van der Waals surface area contributed by atoms with E-state index in [1.807, 2.05) is 0 Å². The third-order valence-corrected chi connectivity index (χ3v) is 7.04. The minimum Gasteiger partial charge on any atom is -0.367 e. The maximum atomic E-state index is 13.2. The number of hydrogen-bond acceptors (Lipinski definition) is 5. The molecule has 0 radical (unpaired) electrons. The van der Waals surface area contributed by atoms with Crippen molar-refractivity contribution in [1.29, 1.82) is 0 Å². The van der Waals surface area contributed by atoms with Crippen molar-refractivity contribution in [3.05, 3.63) is 74.5 Å². The van der Waals surface area contributed by atoms with Crippen molar-refractivity contribution >= 4 is 62.7 Å². The number of hydrogen-bond donors (Lipinski definition) is 3. The van der Waals surface area contributed by atoms with Gasteiger partial charge in [0, 0.05) is 48.4 Å². The number of ether oxygens (including phenoxy) is 1. The molecule has 8 nitrogen and oxygen atoms in total. The van der Waals surface area contributed by atoms with Gasteiger partial charge in [0.25, 0.3) is 18.2 Å². The van der Waals surface area contributed by atoms with Crippen molar-refractivity contribution < 1.29 is 31.9 Å². The Morgan fingerprint density at radius 1 is 1.22 bits per heavy atom. The van der Waals surface area contributed by atoms with Crippen LogP contribution in [-0.4, -0.2) is 46.4 Å². The highest BCUT2D eigenvalue weighted by atomic mass is 79.9. The zero-order chi connectivity index (χ0) is 29.9. The van der Waals surface area contributed by atoms with Crippen LogP contribution >= 0.6 is 27.5 Å². The quantitative estimate of drug-likeness (QED) is 0.230. The van der Waals surface area contributed by atoms with Gasteiger partial charge in [0.2, 0.25) is 5.95 Å². The van der Waals surface area contributed by atoms with E-state index in [0.717, 1.165) is 4.47 Å². The average molecular weight is 659 g/mol. The number of alkyl halides is 4. The number of benzene rings is 2. The molecule has 41 heavy (non-hydrogen) atoms. The van der Waals surface area contributed by atoms with Gasteiger partial charge >= 0.3 is 5.92 Å². The summed E-state index contributed by atoms with van der Waals surface area (Å²) in [5.41, 5.74) is 2.58. The van der Waals surface area contributed by atoms with E-state index in [4.69, 9.17) is 16.3 Å². The van der Waals surface area contributed by atoms with Crippen LogP contribution in [0.15, 0.2) is 52.5 Å². The van der Waals surface area contributed by atoms with Gasteiger partial charge in [0.05, 0.1) is 22.5 Å². The molecule has 0 saturated carbocycles. The summed E-state index contributed by atoms with van der Waals surface area (Å²) in [7, 11) is 1.69. The van der Waals surface area contributed by atoms with Gasteiger partial charge in [0.15, 0.2) is 0 Å². The topological polar surface area (TPSA) is 97.3 Å². The Kier molecular flexibility index (Phi) is 9.40. The van der Waals surface area contributed by atoms with Crippen molar-refractivity contribution in [3.63, 3.8) is 0 Å². The van der Waals surface area contributed by atoms with E-state index < -0.39 is 36.9 Å². The standard InChI is InChI=1S/C27H25BrClF4N5O3/c1-27(32,33)25(40)34-12-14-3-8-18(29)19(9-14)36-26-37-20-10-17(24(39)35-16-6-4-15(28)5-7-16)22(41-13-23(30)31)11-21(20)38(26)2/h3-10,22-23H,11-13H2,1-2H3,(H,34,40)(H,35,39)(H,36,37). The number of amides is 2. The van der Waals surface area contributed by atoms with Gasteiger partial charge in [-0.15, -0.1) is 0 Å². The number of rotatable bonds is 10. The first-order valence-electron chi connectivity index (χ1n) is 12.3. The lowest BCUT2D eigenvalue weighted by Gasteiger charge is -2.24. The summed E-state index contributed by atoms with van der Waals surface area (Å²) < 4.78 is 60.3. The molecule has 1 unspecified atom stereocenters.